The largest absolute Gasteiger partial charge is 0.464 e. The van der Waals surface area contributed by atoms with Crippen LogP contribution in [0.15, 0.2) is 62.4 Å². The number of carbonyl (C=O) groups is 3. The van der Waals surface area contributed by atoms with Gasteiger partial charge in [-0.3, -0.25) is 23.8 Å². The van der Waals surface area contributed by atoms with Gasteiger partial charge in [0.2, 0.25) is 0 Å². The summed E-state index contributed by atoms with van der Waals surface area (Å²) in [5, 5.41) is 9.40. The van der Waals surface area contributed by atoms with Gasteiger partial charge in [0.25, 0.3) is 21.9 Å². The highest BCUT2D eigenvalue weighted by molar-refractivity contribution is 7.85. The highest BCUT2D eigenvalue weighted by atomic mass is 32.2. The summed E-state index contributed by atoms with van der Waals surface area (Å²) >= 11 is 0. The Labute approximate surface area is 189 Å². The summed E-state index contributed by atoms with van der Waals surface area (Å²) in [7, 11) is -4.33. The average Bonchev–Trinajstić information content (AvgIpc) is 3.22. The Kier molecular flexibility index (Phi) is 6.62. The zero-order valence-corrected chi connectivity index (χ0v) is 18.4. The molecule has 0 saturated carbocycles. The van der Waals surface area contributed by atoms with E-state index in [1.165, 1.54) is 44.2 Å². The number of hydrogen-bond acceptors (Lipinski definition) is 8. The van der Waals surface area contributed by atoms with Crippen molar-refractivity contribution in [1.29, 1.82) is 5.26 Å². The molecule has 1 aromatic carbocycles. The zero-order valence-electron chi connectivity index (χ0n) is 17.6. The van der Waals surface area contributed by atoms with Crippen molar-refractivity contribution in [3.63, 3.8) is 0 Å². The molecule has 1 aliphatic rings. The number of ether oxygens (including phenoxy) is 1. The minimum Gasteiger partial charge on any atom is -0.464 e. The lowest BCUT2D eigenvalue weighted by Crippen LogP contribution is -2.44. The third-order valence-corrected chi connectivity index (χ3v) is 5.66. The van der Waals surface area contributed by atoms with Gasteiger partial charge in [-0.1, -0.05) is 0 Å². The third-order valence-electron chi connectivity index (χ3n) is 4.80. The molecule has 0 atom stereocenters. The molecular weight excluding hydrogens is 452 g/mol. The number of esters is 1. The second kappa shape index (κ2) is 9.23. The SMILES string of the molecule is CC(=O)OCCN1C(=O)C(C#N)=C(C)/C(=C/c2ccc(-c3ccc(S(=O)(=O)O)cc3)o2)C1=O. The summed E-state index contributed by atoms with van der Waals surface area (Å²) < 4.78 is 42.0. The van der Waals surface area contributed by atoms with E-state index in [9.17, 15) is 28.1 Å². The Morgan fingerprint density at radius 3 is 2.42 bits per heavy atom. The lowest BCUT2D eigenvalue weighted by Gasteiger charge is -2.27. The van der Waals surface area contributed by atoms with E-state index in [2.05, 4.69) is 0 Å². The molecule has 33 heavy (non-hydrogen) atoms. The maximum Gasteiger partial charge on any atom is 0.302 e. The smallest absolute Gasteiger partial charge is 0.302 e. The van der Waals surface area contributed by atoms with Crippen molar-refractivity contribution >= 4 is 34.0 Å². The fourth-order valence-corrected chi connectivity index (χ4v) is 3.61. The first-order valence-electron chi connectivity index (χ1n) is 9.53. The fraction of sp³-hybridized carbons (Fsp3) is 0.182. The van der Waals surface area contributed by atoms with Crippen molar-refractivity contribution in [2.45, 2.75) is 18.7 Å². The second-order valence-electron chi connectivity index (χ2n) is 6.97. The molecule has 0 unspecified atom stereocenters. The van der Waals surface area contributed by atoms with Gasteiger partial charge in [-0.2, -0.15) is 13.7 Å². The van der Waals surface area contributed by atoms with Gasteiger partial charge >= 0.3 is 5.97 Å². The van der Waals surface area contributed by atoms with Crippen LogP contribution in [0.25, 0.3) is 17.4 Å². The predicted octanol–water partition coefficient (Wildman–Crippen LogP) is 2.35. The first kappa shape index (κ1) is 23.6. The van der Waals surface area contributed by atoms with Crippen LogP contribution in [0.1, 0.15) is 19.6 Å². The number of carbonyl (C=O) groups excluding carboxylic acids is 3. The number of amides is 2. The van der Waals surface area contributed by atoms with Crippen LogP contribution in [-0.2, 0) is 29.2 Å². The predicted molar refractivity (Wildman–Crippen MR) is 114 cm³/mol. The molecule has 0 fully saturated rings. The van der Waals surface area contributed by atoms with Gasteiger partial charge in [-0.05, 0) is 55.0 Å². The number of rotatable bonds is 6. The van der Waals surface area contributed by atoms with Crippen LogP contribution in [0.2, 0.25) is 0 Å². The number of hydrogen-bond donors (Lipinski definition) is 1. The van der Waals surface area contributed by atoms with Crippen LogP contribution in [0, 0.1) is 11.3 Å². The molecule has 2 heterocycles. The Morgan fingerprint density at radius 2 is 1.85 bits per heavy atom. The molecule has 0 aliphatic carbocycles. The summed E-state index contributed by atoms with van der Waals surface area (Å²) in [6.07, 6.45) is 1.39. The van der Waals surface area contributed by atoms with Gasteiger partial charge in [0, 0.05) is 18.1 Å². The number of nitriles is 1. The van der Waals surface area contributed by atoms with Crippen molar-refractivity contribution < 1.29 is 36.5 Å². The van der Waals surface area contributed by atoms with Crippen molar-refractivity contribution in [1.82, 2.24) is 4.90 Å². The molecule has 2 amide bonds. The molecule has 3 rings (SSSR count). The standard InChI is InChI=1S/C22H18N2O8S/c1-13-18(21(26)24(9-10-31-14(2)25)22(27)19(13)12-23)11-16-5-8-20(32-16)15-3-6-17(7-4-15)33(28,29)30/h3-8,11H,9-10H2,1-2H3,(H,28,29,30)/b18-11-. The minimum absolute atomic E-state index is 0.0663. The quantitative estimate of drug-likeness (QED) is 0.290. The highest BCUT2D eigenvalue weighted by Crippen LogP contribution is 2.29. The lowest BCUT2D eigenvalue weighted by atomic mass is 9.94. The molecule has 0 bridgehead atoms. The van der Waals surface area contributed by atoms with E-state index in [-0.39, 0.29) is 40.5 Å². The molecule has 1 aliphatic heterocycles. The average molecular weight is 470 g/mol. The topological polar surface area (TPSA) is 155 Å². The van der Waals surface area contributed by atoms with Gasteiger partial charge in [0.1, 0.15) is 29.8 Å². The van der Waals surface area contributed by atoms with E-state index in [1.54, 1.807) is 18.2 Å². The molecule has 170 valence electrons. The minimum atomic E-state index is -4.33. The van der Waals surface area contributed by atoms with Crippen molar-refractivity contribution in [2.75, 3.05) is 13.2 Å². The number of imide groups is 1. The number of benzene rings is 1. The van der Waals surface area contributed by atoms with E-state index in [4.69, 9.17) is 13.7 Å². The maximum atomic E-state index is 12.9. The molecular formula is C22H18N2O8S. The van der Waals surface area contributed by atoms with Crippen LogP contribution in [0.3, 0.4) is 0 Å². The lowest BCUT2D eigenvalue weighted by molar-refractivity contribution is -0.147. The monoisotopic (exact) mass is 470 g/mol. The van der Waals surface area contributed by atoms with E-state index >= 15 is 0 Å². The summed E-state index contributed by atoms with van der Waals surface area (Å²) in [5.74, 6) is -1.40. The highest BCUT2D eigenvalue weighted by Gasteiger charge is 2.35. The summed E-state index contributed by atoms with van der Waals surface area (Å²) in [6.45, 7) is 2.25. The molecule has 1 N–H and O–H groups in total. The Hall–Kier alpha value is -4.01. The van der Waals surface area contributed by atoms with Gasteiger partial charge in [-0.25, -0.2) is 0 Å². The Balaban J connectivity index is 1.93. The first-order valence-corrected chi connectivity index (χ1v) is 11.0. The second-order valence-corrected chi connectivity index (χ2v) is 8.39. The van der Waals surface area contributed by atoms with Crippen molar-refractivity contribution in [3.8, 4) is 17.4 Å². The molecule has 2 aromatic rings. The molecule has 1 aromatic heterocycles. The Morgan fingerprint density at radius 1 is 1.18 bits per heavy atom. The van der Waals surface area contributed by atoms with Gasteiger partial charge in [0.05, 0.1) is 11.4 Å². The molecule has 11 heteroatoms. The van der Waals surface area contributed by atoms with Crippen LogP contribution in [-0.4, -0.2) is 48.8 Å². The molecule has 0 radical (unpaired) electrons. The maximum absolute atomic E-state index is 12.9. The van der Waals surface area contributed by atoms with E-state index < -0.39 is 27.9 Å². The molecule has 10 nitrogen and oxygen atoms in total. The zero-order chi connectivity index (χ0) is 24.3. The van der Waals surface area contributed by atoms with Crippen molar-refractivity contribution in [2.24, 2.45) is 0 Å². The normalized spacial score (nSPS) is 15.7. The van der Waals surface area contributed by atoms with Gasteiger partial charge < -0.3 is 9.15 Å². The van der Waals surface area contributed by atoms with E-state index in [1.807, 2.05) is 0 Å². The number of furan rings is 1. The van der Waals surface area contributed by atoms with Crippen molar-refractivity contribution in [3.05, 3.63) is 58.9 Å². The van der Waals surface area contributed by atoms with E-state index in [0.717, 1.165) is 4.90 Å². The summed E-state index contributed by atoms with van der Waals surface area (Å²) in [6, 6.07) is 10.3. The van der Waals surface area contributed by atoms with Crippen LogP contribution in [0.4, 0.5) is 0 Å². The first-order chi connectivity index (χ1) is 15.5. The third kappa shape index (κ3) is 5.08. The van der Waals surface area contributed by atoms with Crippen LogP contribution in [0.5, 0.6) is 0 Å². The molecule has 0 spiro atoms. The molecule has 0 saturated heterocycles. The Bertz CT molecular complexity index is 1340. The van der Waals surface area contributed by atoms with Gasteiger partial charge in [-0.15, -0.1) is 0 Å². The van der Waals surface area contributed by atoms with Gasteiger partial charge in [0.15, 0.2) is 0 Å². The van der Waals surface area contributed by atoms with Crippen LogP contribution < -0.4 is 0 Å². The van der Waals surface area contributed by atoms with Crippen LogP contribution >= 0.6 is 0 Å². The summed E-state index contributed by atoms with van der Waals surface area (Å²) in [5.41, 5.74) is 0.560. The number of nitrogens with zero attached hydrogens (tertiary/aromatic N) is 2. The fourth-order valence-electron chi connectivity index (χ4n) is 3.13. The summed E-state index contributed by atoms with van der Waals surface area (Å²) in [4.78, 5) is 37.0. The van der Waals surface area contributed by atoms with E-state index in [0.29, 0.717) is 11.3 Å².